The van der Waals surface area contributed by atoms with E-state index in [9.17, 15) is 0 Å². The fourth-order valence-corrected chi connectivity index (χ4v) is 2.52. The zero-order valence-corrected chi connectivity index (χ0v) is 14.7. The predicted molar refractivity (Wildman–Crippen MR) is 90.9 cm³/mol. The Balaban J connectivity index is 2.28. The van der Waals surface area contributed by atoms with Crippen LogP contribution < -0.4 is 0 Å². The molecule has 0 fully saturated rings. The van der Waals surface area contributed by atoms with Gasteiger partial charge in [0.25, 0.3) is 0 Å². The fourth-order valence-electron chi connectivity index (χ4n) is 2.52. The molecule has 0 bridgehead atoms. The van der Waals surface area contributed by atoms with Crippen molar-refractivity contribution in [3.8, 4) is 11.4 Å². The molecule has 0 saturated carbocycles. The van der Waals surface area contributed by atoms with Crippen LogP contribution in [0.2, 0.25) is 0 Å². The molecule has 2 rings (SSSR count). The Morgan fingerprint density at radius 3 is 1.36 bits per heavy atom. The van der Waals surface area contributed by atoms with Gasteiger partial charge in [-0.3, -0.25) is 9.97 Å². The summed E-state index contributed by atoms with van der Waals surface area (Å²) >= 11 is 0. The minimum atomic E-state index is 0.901. The van der Waals surface area contributed by atoms with Gasteiger partial charge in [0.05, 0.1) is 53.7 Å². The van der Waals surface area contributed by atoms with E-state index in [0.717, 1.165) is 33.4 Å². The lowest BCUT2D eigenvalue weighted by Crippen LogP contribution is -2.33. The molecule has 0 spiro atoms. The third-order valence-electron chi connectivity index (χ3n) is 3.22. The molecule has 4 heteroatoms. The van der Waals surface area contributed by atoms with E-state index in [0.29, 0.717) is 0 Å². The lowest BCUT2D eigenvalue weighted by Gasteiger charge is -2.24. The first-order chi connectivity index (χ1) is 10.1. The monoisotopic (exact) mass is 300 g/mol. The molecule has 2 heterocycles. The molecule has 4 nitrogen and oxygen atoms in total. The van der Waals surface area contributed by atoms with Gasteiger partial charge < -0.3 is 8.97 Å². The Morgan fingerprint density at radius 2 is 1.05 bits per heavy atom. The number of hydrogen-bond donors (Lipinski definition) is 0. The summed E-state index contributed by atoms with van der Waals surface area (Å²) in [5.74, 6) is 0. The molecule has 2 aromatic rings. The Hall–Kier alpha value is -1.78. The SMILES string of the molecule is C[N+](C)(C)Cc1ccnc(-c2cc(C[N+](C)(C)C)ccn2)c1. The highest BCUT2D eigenvalue weighted by atomic mass is 15.3. The van der Waals surface area contributed by atoms with Crippen LogP contribution in [-0.4, -0.2) is 61.2 Å². The molecule has 118 valence electrons. The number of quaternary nitrogens is 2. The molecule has 0 amide bonds. The first-order valence-corrected chi connectivity index (χ1v) is 7.64. The van der Waals surface area contributed by atoms with Crippen molar-refractivity contribution >= 4 is 0 Å². The van der Waals surface area contributed by atoms with E-state index in [1.807, 2.05) is 12.4 Å². The third-order valence-corrected chi connectivity index (χ3v) is 3.22. The predicted octanol–water partition coefficient (Wildman–Crippen LogP) is 2.56. The van der Waals surface area contributed by atoms with Crippen molar-refractivity contribution in [1.29, 1.82) is 0 Å². The molecule has 0 N–H and O–H groups in total. The maximum Gasteiger partial charge on any atom is 0.104 e. The van der Waals surface area contributed by atoms with E-state index in [1.165, 1.54) is 11.1 Å². The maximum absolute atomic E-state index is 4.50. The van der Waals surface area contributed by atoms with Gasteiger partial charge >= 0.3 is 0 Å². The fraction of sp³-hybridized carbons (Fsp3) is 0.444. The van der Waals surface area contributed by atoms with E-state index >= 15 is 0 Å². The van der Waals surface area contributed by atoms with Gasteiger partial charge in [-0.1, -0.05) is 0 Å². The average Bonchev–Trinajstić information content (AvgIpc) is 2.35. The van der Waals surface area contributed by atoms with Crippen molar-refractivity contribution in [2.75, 3.05) is 42.3 Å². The molecule has 0 aromatic carbocycles. The second-order valence-electron chi connectivity index (χ2n) is 8.00. The van der Waals surface area contributed by atoms with Crippen LogP contribution in [0.25, 0.3) is 11.4 Å². The molecular weight excluding hydrogens is 272 g/mol. The van der Waals surface area contributed by atoms with Crippen LogP contribution in [0, 0.1) is 0 Å². The zero-order valence-electron chi connectivity index (χ0n) is 14.7. The molecule has 0 unspecified atom stereocenters. The summed E-state index contributed by atoms with van der Waals surface area (Å²) in [6.45, 7) is 1.96. The number of rotatable bonds is 5. The van der Waals surface area contributed by atoms with Gasteiger partial charge in [0.15, 0.2) is 0 Å². The lowest BCUT2D eigenvalue weighted by molar-refractivity contribution is -0.884. The molecule has 2 aromatic heterocycles. The molecule has 0 radical (unpaired) electrons. The van der Waals surface area contributed by atoms with Crippen molar-refractivity contribution in [1.82, 2.24) is 9.97 Å². The van der Waals surface area contributed by atoms with Gasteiger partial charge in [0, 0.05) is 23.5 Å². The number of pyridine rings is 2. The first kappa shape index (κ1) is 16.6. The Morgan fingerprint density at radius 1 is 0.682 bits per heavy atom. The van der Waals surface area contributed by atoms with Crippen molar-refractivity contribution in [3.63, 3.8) is 0 Å². The normalized spacial score (nSPS) is 12.5. The van der Waals surface area contributed by atoms with Crippen molar-refractivity contribution < 1.29 is 8.97 Å². The topological polar surface area (TPSA) is 25.8 Å². The van der Waals surface area contributed by atoms with Crippen molar-refractivity contribution in [3.05, 3.63) is 47.8 Å². The summed E-state index contributed by atoms with van der Waals surface area (Å²) in [5, 5.41) is 0. The van der Waals surface area contributed by atoms with Gasteiger partial charge in [-0.15, -0.1) is 0 Å². The highest BCUT2D eigenvalue weighted by Crippen LogP contribution is 2.19. The largest absolute Gasteiger partial charge is 0.327 e. The van der Waals surface area contributed by atoms with Gasteiger partial charge in [-0.2, -0.15) is 0 Å². The highest BCUT2D eigenvalue weighted by molar-refractivity contribution is 5.55. The van der Waals surface area contributed by atoms with Gasteiger partial charge in [0.1, 0.15) is 13.1 Å². The molecule has 0 atom stereocenters. The minimum absolute atomic E-state index is 0.901. The van der Waals surface area contributed by atoms with Crippen LogP contribution in [0.5, 0.6) is 0 Å². The van der Waals surface area contributed by atoms with Crippen molar-refractivity contribution in [2.45, 2.75) is 13.1 Å². The lowest BCUT2D eigenvalue weighted by atomic mass is 10.1. The zero-order chi connectivity index (χ0) is 16.4. The van der Waals surface area contributed by atoms with E-state index in [-0.39, 0.29) is 0 Å². The average molecular weight is 300 g/mol. The van der Waals surface area contributed by atoms with Crippen LogP contribution in [0.1, 0.15) is 11.1 Å². The van der Waals surface area contributed by atoms with E-state index in [1.54, 1.807) is 0 Å². The summed E-state index contributed by atoms with van der Waals surface area (Å²) in [7, 11) is 13.2. The van der Waals surface area contributed by atoms with E-state index < -0.39 is 0 Å². The van der Waals surface area contributed by atoms with Gasteiger partial charge in [-0.05, 0) is 24.3 Å². The van der Waals surface area contributed by atoms with Crippen LogP contribution in [-0.2, 0) is 13.1 Å². The van der Waals surface area contributed by atoms with Crippen LogP contribution >= 0.6 is 0 Å². The minimum Gasteiger partial charge on any atom is -0.327 e. The summed E-state index contributed by atoms with van der Waals surface area (Å²) in [5.41, 5.74) is 4.48. The molecular formula is C18H28N4+2. The Labute approximate surface area is 134 Å². The Kier molecular flexibility index (Phi) is 4.63. The van der Waals surface area contributed by atoms with Crippen LogP contribution in [0.3, 0.4) is 0 Å². The summed E-state index contributed by atoms with van der Waals surface area (Å²) < 4.78 is 1.80. The second-order valence-corrected chi connectivity index (χ2v) is 8.00. The first-order valence-electron chi connectivity index (χ1n) is 7.64. The van der Waals surface area contributed by atoms with Gasteiger partial charge in [0.2, 0.25) is 0 Å². The van der Waals surface area contributed by atoms with Crippen LogP contribution in [0.15, 0.2) is 36.7 Å². The summed E-state index contributed by atoms with van der Waals surface area (Å²) in [6.07, 6.45) is 3.77. The van der Waals surface area contributed by atoms with Crippen molar-refractivity contribution in [2.24, 2.45) is 0 Å². The summed E-state index contributed by atoms with van der Waals surface area (Å²) in [4.78, 5) is 9.01. The molecule has 0 aliphatic heterocycles. The van der Waals surface area contributed by atoms with Gasteiger partial charge in [-0.25, -0.2) is 0 Å². The third kappa shape index (κ3) is 5.20. The Bertz CT molecular complexity index is 579. The molecule has 0 aliphatic rings. The standard InChI is InChI=1S/C18H28N4/c1-21(2,3)13-15-7-9-19-17(11-15)18-12-16(8-10-20-18)14-22(4,5)6/h7-12H,13-14H2,1-6H3/q+2. The molecule has 0 aliphatic carbocycles. The quantitative estimate of drug-likeness (QED) is 0.793. The number of hydrogen-bond acceptors (Lipinski definition) is 2. The van der Waals surface area contributed by atoms with E-state index in [4.69, 9.17) is 0 Å². The van der Waals surface area contributed by atoms with E-state index in [2.05, 4.69) is 76.5 Å². The van der Waals surface area contributed by atoms with Crippen LogP contribution in [0.4, 0.5) is 0 Å². The maximum atomic E-state index is 4.50. The number of nitrogens with zero attached hydrogens (tertiary/aromatic N) is 4. The summed E-state index contributed by atoms with van der Waals surface area (Å²) in [6, 6.07) is 8.48. The second kappa shape index (κ2) is 6.15. The molecule has 0 saturated heterocycles. The molecule has 22 heavy (non-hydrogen) atoms. The smallest absolute Gasteiger partial charge is 0.104 e. The highest BCUT2D eigenvalue weighted by Gasteiger charge is 2.12. The number of aromatic nitrogens is 2.